The van der Waals surface area contributed by atoms with Gasteiger partial charge in [0.1, 0.15) is 17.2 Å². The summed E-state index contributed by atoms with van der Waals surface area (Å²) in [6, 6.07) is 16.5. The SMILES string of the molecule is COc1ccc(OC)c(Nc2ccnc(C(=O)Nc3cccc(C)c3)c2)c1. The minimum atomic E-state index is -0.276. The topological polar surface area (TPSA) is 72.5 Å². The molecule has 0 atom stereocenters. The Morgan fingerprint density at radius 3 is 2.56 bits per heavy atom. The third-order valence-corrected chi connectivity index (χ3v) is 3.95. The van der Waals surface area contributed by atoms with E-state index in [1.54, 1.807) is 32.5 Å². The van der Waals surface area contributed by atoms with Crippen molar-refractivity contribution in [3.8, 4) is 11.5 Å². The van der Waals surface area contributed by atoms with Gasteiger partial charge in [-0.3, -0.25) is 9.78 Å². The van der Waals surface area contributed by atoms with Gasteiger partial charge in [0.2, 0.25) is 0 Å². The number of nitrogens with zero attached hydrogens (tertiary/aromatic N) is 1. The van der Waals surface area contributed by atoms with Gasteiger partial charge in [0.25, 0.3) is 5.91 Å². The maximum absolute atomic E-state index is 12.5. The summed E-state index contributed by atoms with van der Waals surface area (Å²) < 4.78 is 10.6. The third kappa shape index (κ3) is 4.55. The van der Waals surface area contributed by atoms with Crippen LogP contribution in [0.3, 0.4) is 0 Å². The van der Waals surface area contributed by atoms with Crippen molar-refractivity contribution in [1.29, 1.82) is 0 Å². The number of anilines is 3. The Morgan fingerprint density at radius 2 is 1.81 bits per heavy atom. The van der Waals surface area contributed by atoms with Crippen LogP contribution in [0.4, 0.5) is 17.1 Å². The largest absolute Gasteiger partial charge is 0.497 e. The van der Waals surface area contributed by atoms with E-state index in [9.17, 15) is 4.79 Å². The van der Waals surface area contributed by atoms with Gasteiger partial charge in [0.05, 0.1) is 19.9 Å². The zero-order valence-corrected chi connectivity index (χ0v) is 15.4. The number of hydrogen-bond acceptors (Lipinski definition) is 5. The molecule has 3 rings (SSSR count). The van der Waals surface area contributed by atoms with Gasteiger partial charge in [0, 0.05) is 23.6 Å². The van der Waals surface area contributed by atoms with Crippen LogP contribution in [0.1, 0.15) is 16.1 Å². The third-order valence-electron chi connectivity index (χ3n) is 3.95. The van der Waals surface area contributed by atoms with Crippen LogP contribution < -0.4 is 20.1 Å². The van der Waals surface area contributed by atoms with E-state index < -0.39 is 0 Å². The first kappa shape index (κ1) is 18.3. The van der Waals surface area contributed by atoms with Gasteiger partial charge in [-0.2, -0.15) is 0 Å². The summed E-state index contributed by atoms with van der Waals surface area (Å²) in [7, 11) is 3.20. The smallest absolute Gasteiger partial charge is 0.274 e. The van der Waals surface area contributed by atoms with Crippen LogP contribution in [0.2, 0.25) is 0 Å². The molecule has 0 bridgehead atoms. The zero-order chi connectivity index (χ0) is 19.2. The van der Waals surface area contributed by atoms with Crippen molar-refractivity contribution >= 4 is 23.0 Å². The molecular weight excluding hydrogens is 342 g/mol. The highest BCUT2D eigenvalue weighted by Crippen LogP contribution is 2.31. The number of rotatable bonds is 6. The molecular formula is C21H21N3O3. The Balaban J connectivity index is 1.80. The van der Waals surface area contributed by atoms with Crippen molar-refractivity contribution in [1.82, 2.24) is 4.98 Å². The van der Waals surface area contributed by atoms with Crippen molar-refractivity contribution < 1.29 is 14.3 Å². The van der Waals surface area contributed by atoms with Crippen LogP contribution in [0, 0.1) is 6.92 Å². The van der Waals surface area contributed by atoms with Crippen molar-refractivity contribution in [3.63, 3.8) is 0 Å². The van der Waals surface area contributed by atoms with Gasteiger partial charge >= 0.3 is 0 Å². The summed E-state index contributed by atoms with van der Waals surface area (Å²) >= 11 is 0. The van der Waals surface area contributed by atoms with Crippen molar-refractivity contribution in [2.75, 3.05) is 24.9 Å². The molecule has 0 spiro atoms. The predicted molar refractivity (Wildman–Crippen MR) is 106 cm³/mol. The second-order valence-electron chi connectivity index (χ2n) is 5.94. The number of carbonyl (C=O) groups is 1. The number of aromatic nitrogens is 1. The van der Waals surface area contributed by atoms with Crippen molar-refractivity contribution in [2.24, 2.45) is 0 Å². The first-order valence-electron chi connectivity index (χ1n) is 8.42. The number of hydrogen-bond donors (Lipinski definition) is 2. The molecule has 0 aliphatic carbocycles. The fourth-order valence-corrected chi connectivity index (χ4v) is 2.62. The predicted octanol–water partition coefficient (Wildman–Crippen LogP) is 4.40. The highest BCUT2D eigenvalue weighted by Gasteiger charge is 2.10. The molecule has 0 fully saturated rings. The van der Waals surface area contributed by atoms with Gasteiger partial charge in [-0.1, -0.05) is 12.1 Å². The standard InChI is InChI=1S/C21H21N3O3/c1-14-5-4-6-15(11-14)24-21(25)19-12-16(9-10-22-19)23-18-13-17(26-2)7-8-20(18)27-3/h4-13H,1-3H3,(H,22,23)(H,24,25). The number of benzene rings is 2. The lowest BCUT2D eigenvalue weighted by Gasteiger charge is -2.13. The molecule has 0 aliphatic rings. The van der Waals surface area contributed by atoms with E-state index in [1.807, 2.05) is 49.4 Å². The van der Waals surface area contributed by atoms with E-state index in [4.69, 9.17) is 9.47 Å². The van der Waals surface area contributed by atoms with Crippen LogP contribution in [-0.2, 0) is 0 Å². The molecule has 0 saturated carbocycles. The molecule has 2 aromatic carbocycles. The summed E-state index contributed by atoms with van der Waals surface area (Å²) in [5.74, 6) is 1.09. The minimum Gasteiger partial charge on any atom is -0.497 e. The summed E-state index contributed by atoms with van der Waals surface area (Å²) in [4.78, 5) is 16.7. The molecule has 0 unspecified atom stereocenters. The second kappa shape index (κ2) is 8.23. The highest BCUT2D eigenvalue weighted by molar-refractivity contribution is 6.03. The Bertz CT molecular complexity index is 957. The summed E-state index contributed by atoms with van der Waals surface area (Å²) in [5.41, 5.74) is 3.55. The molecule has 0 saturated heterocycles. The Labute approximate surface area is 158 Å². The molecule has 0 radical (unpaired) electrons. The number of aryl methyl sites for hydroxylation is 1. The fraction of sp³-hybridized carbons (Fsp3) is 0.143. The minimum absolute atomic E-state index is 0.276. The number of methoxy groups -OCH3 is 2. The average Bonchev–Trinajstić information content (AvgIpc) is 2.68. The van der Waals surface area contributed by atoms with Gasteiger partial charge in [-0.25, -0.2) is 0 Å². The van der Waals surface area contributed by atoms with E-state index in [0.717, 1.165) is 16.9 Å². The average molecular weight is 363 g/mol. The van der Waals surface area contributed by atoms with Gasteiger partial charge < -0.3 is 20.1 Å². The van der Waals surface area contributed by atoms with Crippen LogP contribution in [0.25, 0.3) is 0 Å². The van der Waals surface area contributed by atoms with Crippen molar-refractivity contribution in [3.05, 3.63) is 72.1 Å². The van der Waals surface area contributed by atoms with Crippen LogP contribution in [0.15, 0.2) is 60.8 Å². The van der Waals surface area contributed by atoms with Crippen molar-refractivity contribution in [2.45, 2.75) is 6.92 Å². The number of pyridine rings is 1. The fourth-order valence-electron chi connectivity index (χ4n) is 2.62. The highest BCUT2D eigenvalue weighted by atomic mass is 16.5. The monoisotopic (exact) mass is 363 g/mol. The lowest BCUT2D eigenvalue weighted by atomic mass is 10.2. The van der Waals surface area contributed by atoms with E-state index in [1.165, 1.54) is 0 Å². The number of amides is 1. The number of ether oxygens (including phenoxy) is 2. The molecule has 0 aliphatic heterocycles. The quantitative estimate of drug-likeness (QED) is 0.679. The van der Waals surface area contributed by atoms with Gasteiger partial charge in [-0.15, -0.1) is 0 Å². The molecule has 6 heteroatoms. The maximum atomic E-state index is 12.5. The first-order valence-corrected chi connectivity index (χ1v) is 8.42. The lowest BCUT2D eigenvalue weighted by molar-refractivity contribution is 0.102. The summed E-state index contributed by atoms with van der Waals surface area (Å²) in [6.07, 6.45) is 1.58. The van der Waals surface area contributed by atoms with Crippen LogP contribution in [0.5, 0.6) is 11.5 Å². The Kier molecular flexibility index (Phi) is 5.56. The van der Waals surface area contributed by atoms with Gasteiger partial charge in [-0.05, 0) is 48.9 Å². The van der Waals surface area contributed by atoms with E-state index >= 15 is 0 Å². The molecule has 2 N–H and O–H groups in total. The first-order chi connectivity index (χ1) is 13.1. The normalized spacial score (nSPS) is 10.2. The maximum Gasteiger partial charge on any atom is 0.274 e. The molecule has 3 aromatic rings. The molecule has 1 amide bonds. The molecule has 138 valence electrons. The van der Waals surface area contributed by atoms with Crippen LogP contribution >= 0.6 is 0 Å². The molecule has 1 aromatic heterocycles. The van der Waals surface area contributed by atoms with Crippen LogP contribution in [-0.4, -0.2) is 25.1 Å². The summed E-state index contributed by atoms with van der Waals surface area (Å²) in [6.45, 7) is 1.97. The number of carbonyl (C=O) groups excluding carboxylic acids is 1. The number of nitrogens with one attached hydrogen (secondary N) is 2. The second-order valence-corrected chi connectivity index (χ2v) is 5.94. The molecule has 27 heavy (non-hydrogen) atoms. The zero-order valence-electron chi connectivity index (χ0n) is 15.4. The molecule has 6 nitrogen and oxygen atoms in total. The Morgan fingerprint density at radius 1 is 0.963 bits per heavy atom. The van der Waals surface area contributed by atoms with E-state index in [0.29, 0.717) is 22.9 Å². The van der Waals surface area contributed by atoms with Gasteiger partial charge in [0.15, 0.2) is 0 Å². The van der Waals surface area contributed by atoms with E-state index in [-0.39, 0.29) is 5.91 Å². The Hall–Kier alpha value is -3.54. The lowest BCUT2D eigenvalue weighted by Crippen LogP contribution is -2.13. The molecule has 1 heterocycles. The van der Waals surface area contributed by atoms with E-state index in [2.05, 4.69) is 15.6 Å². The summed E-state index contributed by atoms with van der Waals surface area (Å²) in [5, 5.41) is 6.10.